The number of hydrogen-bond donors (Lipinski definition) is 2. The van der Waals surface area contributed by atoms with Crippen molar-refractivity contribution >= 4 is 52.0 Å². The van der Waals surface area contributed by atoms with Crippen molar-refractivity contribution in [3.8, 4) is 11.5 Å². The Morgan fingerprint density at radius 3 is 2.62 bits per heavy atom. The lowest BCUT2D eigenvalue weighted by Crippen LogP contribution is -2.20. The number of ether oxygens (including phenoxy) is 2. The third kappa shape index (κ3) is 5.09. The van der Waals surface area contributed by atoms with Crippen LogP contribution in [0, 0.1) is 5.82 Å². The highest BCUT2D eigenvalue weighted by atomic mass is 35.5. The molecule has 0 amide bonds. The van der Waals surface area contributed by atoms with Crippen LogP contribution in [-0.2, 0) is 6.54 Å². The van der Waals surface area contributed by atoms with E-state index in [0.29, 0.717) is 38.6 Å². The van der Waals surface area contributed by atoms with Crippen LogP contribution in [0.1, 0.15) is 5.56 Å². The molecule has 3 aromatic rings. The summed E-state index contributed by atoms with van der Waals surface area (Å²) in [7, 11) is 3.11. The fourth-order valence-corrected chi connectivity index (χ4v) is 3.20. The zero-order valence-electron chi connectivity index (χ0n) is 15.5. The molecule has 3 rings (SSSR count). The van der Waals surface area contributed by atoms with Crippen LogP contribution in [0.4, 0.5) is 15.9 Å². The smallest absolute Gasteiger partial charge is 0.176 e. The lowest BCUT2D eigenvalue weighted by molar-refractivity contribution is 0.395. The first-order chi connectivity index (χ1) is 13.9. The average molecular weight is 455 g/mol. The average Bonchev–Trinajstić information content (AvgIpc) is 3.04. The molecule has 0 saturated heterocycles. The van der Waals surface area contributed by atoms with Crippen LogP contribution in [0.3, 0.4) is 0 Å². The van der Waals surface area contributed by atoms with E-state index < -0.39 is 5.82 Å². The van der Waals surface area contributed by atoms with Gasteiger partial charge >= 0.3 is 0 Å². The zero-order valence-corrected chi connectivity index (χ0v) is 17.8. The number of anilines is 2. The van der Waals surface area contributed by atoms with Crippen molar-refractivity contribution in [2.75, 3.05) is 24.9 Å². The van der Waals surface area contributed by atoms with E-state index >= 15 is 0 Å². The first-order valence-corrected chi connectivity index (χ1v) is 9.53. The van der Waals surface area contributed by atoms with E-state index in [1.165, 1.54) is 10.7 Å². The largest absolute Gasteiger partial charge is 0.497 e. The first-order valence-electron chi connectivity index (χ1n) is 8.37. The third-order valence-electron chi connectivity index (χ3n) is 3.99. The molecular weight excluding hydrogens is 438 g/mol. The minimum atomic E-state index is -0.414. The maximum absolute atomic E-state index is 14.0. The van der Waals surface area contributed by atoms with Gasteiger partial charge < -0.3 is 20.1 Å². The number of methoxy groups -OCH3 is 2. The standard InChI is InChI=1S/C19H17Cl2FN4O2S/c1-27-11-6-7-16(17(8-11)28-2)23-19(29)24-18-14(21)10-26(25-18)9-12-13(20)4-3-5-15(12)22/h3-8,10H,9H2,1-2H3,(H2,23,24,25,29). The fourth-order valence-electron chi connectivity index (χ4n) is 2.57. The summed E-state index contributed by atoms with van der Waals surface area (Å²) in [5.41, 5.74) is 0.961. The summed E-state index contributed by atoms with van der Waals surface area (Å²) in [4.78, 5) is 0. The molecule has 29 heavy (non-hydrogen) atoms. The van der Waals surface area contributed by atoms with E-state index in [-0.39, 0.29) is 11.7 Å². The summed E-state index contributed by atoms with van der Waals surface area (Å²) >= 11 is 17.6. The molecule has 0 spiro atoms. The second-order valence-corrected chi connectivity index (χ2v) is 7.09. The molecule has 0 aliphatic heterocycles. The maximum Gasteiger partial charge on any atom is 0.176 e. The Kier molecular flexibility index (Phi) is 6.79. The Morgan fingerprint density at radius 1 is 1.14 bits per heavy atom. The first kappa shape index (κ1) is 21.2. The normalized spacial score (nSPS) is 10.5. The molecular formula is C19H17Cl2FN4O2S. The molecule has 0 unspecified atom stereocenters. The number of halogens is 3. The van der Waals surface area contributed by atoms with Crippen molar-refractivity contribution in [1.29, 1.82) is 0 Å². The third-order valence-corrected chi connectivity index (χ3v) is 4.82. The van der Waals surface area contributed by atoms with Gasteiger partial charge in [0.05, 0.1) is 26.5 Å². The van der Waals surface area contributed by atoms with Crippen molar-refractivity contribution in [1.82, 2.24) is 9.78 Å². The molecule has 152 valence electrons. The van der Waals surface area contributed by atoms with Crippen LogP contribution in [0.5, 0.6) is 11.5 Å². The van der Waals surface area contributed by atoms with Gasteiger partial charge in [-0.2, -0.15) is 5.10 Å². The SMILES string of the molecule is COc1ccc(NC(=S)Nc2nn(Cc3c(F)cccc3Cl)cc2Cl)c(OC)c1. The Hall–Kier alpha value is -2.55. The maximum atomic E-state index is 14.0. The number of nitrogens with one attached hydrogen (secondary N) is 2. The number of hydrogen-bond acceptors (Lipinski definition) is 4. The molecule has 10 heteroatoms. The molecule has 0 radical (unpaired) electrons. The van der Waals surface area contributed by atoms with Gasteiger partial charge in [0, 0.05) is 22.8 Å². The van der Waals surface area contributed by atoms with Gasteiger partial charge in [0.1, 0.15) is 22.3 Å². The number of benzene rings is 2. The molecule has 6 nitrogen and oxygen atoms in total. The highest BCUT2D eigenvalue weighted by molar-refractivity contribution is 7.80. The summed E-state index contributed by atoms with van der Waals surface area (Å²) in [6.45, 7) is 0.124. The minimum absolute atomic E-state index is 0.124. The van der Waals surface area contributed by atoms with Gasteiger partial charge in [-0.15, -0.1) is 0 Å². The van der Waals surface area contributed by atoms with Crippen molar-refractivity contribution < 1.29 is 13.9 Å². The van der Waals surface area contributed by atoms with Gasteiger partial charge in [-0.05, 0) is 36.5 Å². The predicted octanol–water partition coefficient (Wildman–Crippen LogP) is 5.20. The number of aromatic nitrogens is 2. The van der Waals surface area contributed by atoms with Gasteiger partial charge in [0.2, 0.25) is 0 Å². The van der Waals surface area contributed by atoms with E-state index in [0.717, 1.165) is 0 Å². The summed E-state index contributed by atoms with van der Waals surface area (Å²) in [6, 6.07) is 9.77. The quantitative estimate of drug-likeness (QED) is 0.498. The summed E-state index contributed by atoms with van der Waals surface area (Å²) in [6.07, 6.45) is 1.56. The summed E-state index contributed by atoms with van der Waals surface area (Å²) in [5.74, 6) is 1.12. The lowest BCUT2D eigenvalue weighted by Gasteiger charge is -2.13. The van der Waals surface area contributed by atoms with Crippen molar-refractivity contribution in [3.63, 3.8) is 0 Å². The highest BCUT2D eigenvalue weighted by Gasteiger charge is 2.13. The number of rotatable bonds is 6. The molecule has 0 aliphatic carbocycles. The van der Waals surface area contributed by atoms with Crippen molar-refractivity contribution in [2.24, 2.45) is 0 Å². The molecule has 0 saturated carbocycles. The van der Waals surface area contributed by atoms with Crippen molar-refractivity contribution in [2.45, 2.75) is 6.54 Å². The number of thiocarbonyl (C=S) groups is 1. The Labute approximate surface area is 182 Å². The van der Waals surface area contributed by atoms with E-state index in [1.807, 2.05) is 0 Å². The van der Waals surface area contributed by atoms with E-state index in [9.17, 15) is 4.39 Å². The fraction of sp³-hybridized carbons (Fsp3) is 0.158. The predicted molar refractivity (Wildman–Crippen MR) is 117 cm³/mol. The van der Waals surface area contributed by atoms with Crippen LogP contribution in [0.2, 0.25) is 10.0 Å². The molecule has 1 heterocycles. The van der Waals surface area contributed by atoms with Gasteiger partial charge in [-0.3, -0.25) is 4.68 Å². The van der Waals surface area contributed by atoms with Gasteiger partial charge in [-0.1, -0.05) is 29.3 Å². The summed E-state index contributed by atoms with van der Waals surface area (Å²) < 4.78 is 26.0. The van der Waals surface area contributed by atoms with Crippen LogP contribution in [0.25, 0.3) is 0 Å². The lowest BCUT2D eigenvalue weighted by atomic mass is 10.2. The molecule has 0 aliphatic rings. The monoisotopic (exact) mass is 454 g/mol. The number of nitrogens with zero attached hydrogens (tertiary/aromatic N) is 2. The molecule has 1 aromatic heterocycles. The van der Waals surface area contributed by atoms with Crippen molar-refractivity contribution in [3.05, 3.63) is 64.0 Å². The van der Waals surface area contributed by atoms with Crippen LogP contribution in [-0.4, -0.2) is 29.1 Å². The molecule has 0 bridgehead atoms. The van der Waals surface area contributed by atoms with Gasteiger partial charge in [0.25, 0.3) is 0 Å². The second-order valence-electron chi connectivity index (χ2n) is 5.87. The molecule has 0 atom stereocenters. The highest BCUT2D eigenvalue weighted by Crippen LogP contribution is 2.29. The van der Waals surface area contributed by atoms with Gasteiger partial charge in [0.15, 0.2) is 10.9 Å². The topological polar surface area (TPSA) is 60.3 Å². The van der Waals surface area contributed by atoms with E-state index in [4.69, 9.17) is 44.9 Å². The molecule has 0 fully saturated rings. The molecule has 2 aromatic carbocycles. The second kappa shape index (κ2) is 9.30. The Morgan fingerprint density at radius 2 is 1.93 bits per heavy atom. The Balaban J connectivity index is 1.72. The van der Waals surface area contributed by atoms with Crippen LogP contribution >= 0.6 is 35.4 Å². The van der Waals surface area contributed by atoms with Crippen LogP contribution in [0.15, 0.2) is 42.6 Å². The van der Waals surface area contributed by atoms with Gasteiger partial charge in [-0.25, -0.2) is 4.39 Å². The van der Waals surface area contributed by atoms with Crippen LogP contribution < -0.4 is 20.1 Å². The zero-order chi connectivity index (χ0) is 21.0. The van der Waals surface area contributed by atoms with E-state index in [1.54, 1.807) is 50.7 Å². The van der Waals surface area contributed by atoms with E-state index in [2.05, 4.69) is 15.7 Å². The summed E-state index contributed by atoms with van der Waals surface area (Å²) in [5, 5.41) is 11.1. The molecule has 2 N–H and O–H groups in total. The minimum Gasteiger partial charge on any atom is -0.497 e. The Bertz CT molecular complexity index is 1020.